The molecule has 5 heteroatoms. The van der Waals surface area contributed by atoms with Crippen LogP contribution in [0.3, 0.4) is 0 Å². The van der Waals surface area contributed by atoms with Gasteiger partial charge in [-0.05, 0) is 30.2 Å². The first kappa shape index (κ1) is 15.5. The van der Waals surface area contributed by atoms with E-state index in [1.54, 1.807) is 13.3 Å². The van der Waals surface area contributed by atoms with Crippen LogP contribution in [0.5, 0.6) is 5.88 Å². The van der Waals surface area contributed by atoms with Gasteiger partial charge < -0.3 is 14.4 Å². The maximum atomic E-state index is 12.2. The maximum absolute atomic E-state index is 12.2. The van der Waals surface area contributed by atoms with Crippen molar-refractivity contribution in [3.63, 3.8) is 0 Å². The zero-order chi connectivity index (χ0) is 16.2. The number of amides is 1. The van der Waals surface area contributed by atoms with Crippen molar-refractivity contribution < 1.29 is 14.3 Å². The van der Waals surface area contributed by atoms with Crippen LogP contribution in [-0.2, 0) is 16.1 Å². The average molecular weight is 312 g/mol. The Bertz CT molecular complexity index is 698. The van der Waals surface area contributed by atoms with E-state index < -0.39 is 0 Å². The predicted octanol–water partition coefficient (Wildman–Crippen LogP) is 3.03. The van der Waals surface area contributed by atoms with Crippen molar-refractivity contribution in [2.45, 2.75) is 20.0 Å². The summed E-state index contributed by atoms with van der Waals surface area (Å²) in [4.78, 5) is 18.2. The van der Waals surface area contributed by atoms with Gasteiger partial charge in [-0.1, -0.05) is 13.0 Å². The van der Waals surface area contributed by atoms with Crippen LogP contribution >= 0.6 is 0 Å². The summed E-state index contributed by atoms with van der Waals surface area (Å²) in [6, 6.07) is 9.89. The molecule has 1 amide bonds. The molecule has 0 radical (unpaired) electrons. The van der Waals surface area contributed by atoms with E-state index in [0.717, 1.165) is 28.8 Å². The van der Waals surface area contributed by atoms with Crippen molar-refractivity contribution in [3.8, 4) is 17.0 Å². The molecule has 0 spiro atoms. The molecule has 3 rings (SSSR count). The molecule has 0 aliphatic carbocycles. The summed E-state index contributed by atoms with van der Waals surface area (Å²) < 4.78 is 10.6. The number of anilines is 1. The van der Waals surface area contributed by atoms with Crippen molar-refractivity contribution in [3.05, 3.63) is 42.1 Å². The van der Waals surface area contributed by atoms with Gasteiger partial charge in [-0.15, -0.1) is 0 Å². The van der Waals surface area contributed by atoms with Gasteiger partial charge in [0.25, 0.3) is 5.91 Å². The van der Waals surface area contributed by atoms with Crippen molar-refractivity contribution in [2.24, 2.45) is 0 Å². The number of ether oxygens (including phenoxy) is 2. The topological polar surface area (TPSA) is 51.7 Å². The van der Waals surface area contributed by atoms with Crippen molar-refractivity contribution in [1.29, 1.82) is 0 Å². The van der Waals surface area contributed by atoms with Gasteiger partial charge in [0, 0.05) is 35.6 Å². The average Bonchev–Trinajstić information content (AvgIpc) is 2.74. The minimum Gasteiger partial charge on any atom is -0.481 e. The van der Waals surface area contributed by atoms with Crippen LogP contribution in [-0.4, -0.2) is 31.2 Å². The first-order valence-corrected chi connectivity index (χ1v) is 7.74. The summed E-state index contributed by atoms with van der Waals surface area (Å²) in [5.74, 6) is 0.607. The van der Waals surface area contributed by atoms with Crippen LogP contribution in [0, 0.1) is 0 Å². The summed E-state index contributed by atoms with van der Waals surface area (Å²) in [5, 5.41) is 0. The Kier molecular flexibility index (Phi) is 4.57. The minimum atomic E-state index is 0.0180. The van der Waals surface area contributed by atoms with Gasteiger partial charge in [0.05, 0.1) is 13.7 Å². The van der Waals surface area contributed by atoms with Crippen LogP contribution in [0.1, 0.15) is 18.9 Å². The van der Waals surface area contributed by atoms with E-state index in [0.29, 0.717) is 19.0 Å². The van der Waals surface area contributed by atoms with E-state index in [1.807, 2.05) is 29.2 Å². The van der Waals surface area contributed by atoms with Gasteiger partial charge in [-0.3, -0.25) is 4.79 Å². The number of hydrogen-bond donors (Lipinski definition) is 0. The van der Waals surface area contributed by atoms with E-state index in [1.165, 1.54) is 0 Å². The number of methoxy groups -OCH3 is 1. The number of hydrogen-bond acceptors (Lipinski definition) is 4. The van der Waals surface area contributed by atoms with Gasteiger partial charge in [0.2, 0.25) is 5.88 Å². The largest absolute Gasteiger partial charge is 0.481 e. The summed E-state index contributed by atoms with van der Waals surface area (Å²) in [6.07, 6.45) is 2.70. The molecule has 0 N–H and O–H groups in total. The molecule has 2 aromatic rings. The molecule has 2 heterocycles. The molecular formula is C18H20N2O3. The van der Waals surface area contributed by atoms with Crippen LogP contribution < -0.4 is 9.64 Å². The summed E-state index contributed by atoms with van der Waals surface area (Å²) in [7, 11) is 1.60. The number of aromatic nitrogens is 1. The number of pyridine rings is 1. The molecule has 1 aliphatic heterocycles. The molecule has 1 aromatic carbocycles. The first-order valence-electron chi connectivity index (χ1n) is 7.74. The standard InChI is InChI=1S/C18H20N2O3/c1-3-8-20-16-6-4-13(9-15(16)11-23-12-18(20)21)14-5-7-17(22-2)19-10-14/h4-7,9-10H,3,8,11-12H2,1-2H3. The van der Waals surface area contributed by atoms with Gasteiger partial charge in [-0.25, -0.2) is 4.98 Å². The number of carbonyl (C=O) groups excluding carboxylic acids is 1. The molecule has 0 unspecified atom stereocenters. The van der Waals surface area contributed by atoms with Crippen molar-refractivity contribution >= 4 is 11.6 Å². The third-order valence-electron chi connectivity index (χ3n) is 3.88. The Morgan fingerprint density at radius 3 is 2.74 bits per heavy atom. The Morgan fingerprint density at radius 2 is 2.04 bits per heavy atom. The Hall–Kier alpha value is -2.40. The molecule has 23 heavy (non-hydrogen) atoms. The highest BCUT2D eigenvalue weighted by atomic mass is 16.5. The van der Waals surface area contributed by atoms with Crippen LogP contribution in [0.15, 0.2) is 36.5 Å². The summed E-state index contributed by atoms with van der Waals surface area (Å²) in [6.45, 7) is 3.35. The smallest absolute Gasteiger partial charge is 0.252 e. The second kappa shape index (κ2) is 6.79. The molecule has 0 atom stereocenters. The fraction of sp³-hybridized carbons (Fsp3) is 0.333. The number of fused-ring (bicyclic) bond motifs is 1. The number of benzene rings is 1. The van der Waals surface area contributed by atoms with Crippen LogP contribution in [0.2, 0.25) is 0 Å². The van der Waals surface area contributed by atoms with E-state index in [2.05, 4.69) is 18.0 Å². The van der Waals surface area contributed by atoms with E-state index in [4.69, 9.17) is 9.47 Å². The molecule has 1 aliphatic rings. The number of carbonyl (C=O) groups is 1. The van der Waals surface area contributed by atoms with E-state index >= 15 is 0 Å². The fourth-order valence-corrected chi connectivity index (χ4v) is 2.75. The second-order valence-corrected chi connectivity index (χ2v) is 5.47. The molecule has 0 saturated carbocycles. The predicted molar refractivity (Wildman–Crippen MR) is 88.5 cm³/mol. The lowest BCUT2D eigenvalue weighted by molar-refractivity contribution is -0.123. The Balaban J connectivity index is 1.97. The lowest BCUT2D eigenvalue weighted by atomic mass is 10.0. The van der Waals surface area contributed by atoms with E-state index in [9.17, 15) is 4.79 Å². The third kappa shape index (κ3) is 3.19. The highest BCUT2D eigenvalue weighted by molar-refractivity contribution is 5.96. The van der Waals surface area contributed by atoms with Gasteiger partial charge in [0.1, 0.15) is 6.61 Å². The first-order chi connectivity index (χ1) is 11.2. The summed E-state index contributed by atoms with van der Waals surface area (Å²) >= 11 is 0. The van der Waals surface area contributed by atoms with Gasteiger partial charge in [0.15, 0.2) is 0 Å². The lowest BCUT2D eigenvalue weighted by Crippen LogP contribution is -2.33. The number of rotatable bonds is 4. The fourth-order valence-electron chi connectivity index (χ4n) is 2.75. The molecule has 5 nitrogen and oxygen atoms in total. The quantitative estimate of drug-likeness (QED) is 0.871. The van der Waals surface area contributed by atoms with Crippen LogP contribution in [0.25, 0.3) is 11.1 Å². The minimum absolute atomic E-state index is 0.0180. The second-order valence-electron chi connectivity index (χ2n) is 5.47. The number of nitrogens with zero attached hydrogens (tertiary/aromatic N) is 2. The lowest BCUT2D eigenvalue weighted by Gasteiger charge is -2.22. The molecule has 0 saturated heterocycles. The molecule has 120 valence electrons. The highest BCUT2D eigenvalue weighted by Crippen LogP contribution is 2.30. The molecular weight excluding hydrogens is 292 g/mol. The van der Waals surface area contributed by atoms with Gasteiger partial charge >= 0.3 is 0 Å². The normalized spacial score (nSPS) is 14.3. The molecule has 1 aromatic heterocycles. The molecule has 0 bridgehead atoms. The van der Waals surface area contributed by atoms with Crippen molar-refractivity contribution in [2.75, 3.05) is 25.2 Å². The SMILES string of the molecule is CCCN1C(=O)COCc2cc(-c3ccc(OC)nc3)ccc21. The molecule has 0 fully saturated rings. The highest BCUT2D eigenvalue weighted by Gasteiger charge is 2.22. The third-order valence-corrected chi connectivity index (χ3v) is 3.88. The van der Waals surface area contributed by atoms with Gasteiger partial charge in [-0.2, -0.15) is 0 Å². The zero-order valence-electron chi connectivity index (χ0n) is 13.4. The monoisotopic (exact) mass is 312 g/mol. The zero-order valence-corrected chi connectivity index (χ0v) is 13.4. The Labute approximate surface area is 135 Å². The maximum Gasteiger partial charge on any atom is 0.252 e. The summed E-state index contributed by atoms with van der Waals surface area (Å²) in [5.41, 5.74) is 4.02. The van der Waals surface area contributed by atoms with Crippen molar-refractivity contribution in [1.82, 2.24) is 4.98 Å². The van der Waals surface area contributed by atoms with E-state index in [-0.39, 0.29) is 12.5 Å². The van der Waals surface area contributed by atoms with Crippen LogP contribution in [0.4, 0.5) is 5.69 Å². The Morgan fingerprint density at radius 1 is 1.22 bits per heavy atom.